The maximum atomic E-state index is 13.5. The van der Waals surface area contributed by atoms with E-state index < -0.39 is 17.6 Å². The van der Waals surface area contributed by atoms with E-state index in [0.29, 0.717) is 22.5 Å². The number of nitrogens with zero attached hydrogens (tertiary/aromatic N) is 1. The van der Waals surface area contributed by atoms with Crippen LogP contribution in [0.15, 0.2) is 71.4 Å². The summed E-state index contributed by atoms with van der Waals surface area (Å²) in [6.07, 6.45) is 0.895. The van der Waals surface area contributed by atoms with Gasteiger partial charge in [0, 0.05) is 16.9 Å². The van der Waals surface area contributed by atoms with E-state index in [1.165, 1.54) is 12.1 Å². The van der Waals surface area contributed by atoms with E-state index in [9.17, 15) is 18.8 Å². The van der Waals surface area contributed by atoms with Crippen LogP contribution in [-0.2, 0) is 16.0 Å². The third-order valence-electron chi connectivity index (χ3n) is 5.57. The zero-order valence-electron chi connectivity index (χ0n) is 18.8. The molecule has 0 atom stereocenters. The van der Waals surface area contributed by atoms with E-state index in [1.54, 1.807) is 25.1 Å². The van der Waals surface area contributed by atoms with Crippen molar-refractivity contribution in [3.05, 3.63) is 98.9 Å². The SMILES string of the molecule is CCc1ccc(NC(=O)c2ccc(C)c(NC3=C(Cl)C(=O)N(c4ccc(F)c(Cl)c4)C3=O)c2)cc1. The molecule has 9 heteroatoms. The number of benzene rings is 3. The Morgan fingerprint density at radius 1 is 0.971 bits per heavy atom. The molecule has 0 spiro atoms. The normalized spacial score (nSPS) is 13.5. The van der Waals surface area contributed by atoms with Gasteiger partial charge in [0.1, 0.15) is 16.5 Å². The molecule has 0 radical (unpaired) electrons. The van der Waals surface area contributed by atoms with Gasteiger partial charge < -0.3 is 10.6 Å². The lowest BCUT2D eigenvalue weighted by Crippen LogP contribution is -2.32. The molecular weight excluding hydrogens is 492 g/mol. The van der Waals surface area contributed by atoms with Crippen molar-refractivity contribution in [2.24, 2.45) is 0 Å². The van der Waals surface area contributed by atoms with E-state index in [-0.39, 0.29) is 27.3 Å². The molecule has 1 heterocycles. The van der Waals surface area contributed by atoms with Gasteiger partial charge in [-0.25, -0.2) is 9.29 Å². The van der Waals surface area contributed by atoms with Gasteiger partial charge >= 0.3 is 0 Å². The second-order valence-electron chi connectivity index (χ2n) is 7.89. The third kappa shape index (κ3) is 4.92. The van der Waals surface area contributed by atoms with Gasteiger partial charge in [0.15, 0.2) is 0 Å². The summed E-state index contributed by atoms with van der Waals surface area (Å²) in [5.41, 5.74) is 3.21. The maximum Gasteiger partial charge on any atom is 0.283 e. The fourth-order valence-corrected chi connectivity index (χ4v) is 3.92. The van der Waals surface area contributed by atoms with E-state index in [2.05, 4.69) is 10.6 Å². The largest absolute Gasteiger partial charge is 0.349 e. The van der Waals surface area contributed by atoms with Gasteiger partial charge in [-0.1, -0.05) is 48.3 Å². The molecule has 3 aromatic carbocycles. The first-order chi connectivity index (χ1) is 16.7. The molecule has 0 aliphatic carbocycles. The average Bonchev–Trinajstić information content (AvgIpc) is 3.05. The molecule has 0 aromatic heterocycles. The first kappa shape index (κ1) is 24.4. The summed E-state index contributed by atoms with van der Waals surface area (Å²) in [7, 11) is 0. The highest BCUT2D eigenvalue weighted by Gasteiger charge is 2.39. The van der Waals surface area contributed by atoms with Crippen LogP contribution in [-0.4, -0.2) is 17.7 Å². The van der Waals surface area contributed by atoms with Crippen LogP contribution in [0.25, 0.3) is 0 Å². The van der Waals surface area contributed by atoms with Gasteiger partial charge in [0.05, 0.1) is 10.7 Å². The maximum absolute atomic E-state index is 13.5. The Hall–Kier alpha value is -3.68. The second-order valence-corrected chi connectivity index (χ2v) is 8.68. The van der Waals surface area contributed by atoms with Crippen LogP contribution < -0.4 is 15.5 Å². The van der Waals surface area contributed by atoms with Crippen molar-refractivity contribution < 1.29 is 18.8 Å². The number of aryl methyl sites for hydroxylation is 2. The molecule has 0 fully saturated rings. The number of halogens is 3. The summed E-state index contributed by atoms with van der Waals surface area (Å²) < 4.78 is 13.5. The number of hydrogen-bond donors (Lipinski definition) is 2. The van der Waals surface area contributed by atoms with Crippen molar-refractivity contribution in [2.45, 2.75) is 20.3 Å². The predicted molar refractivity (Wildman–Crippen MR) is 135 cm³/mol. The Morgan fingerprint density at radius 2 is 1.69 bits per heavy atom. The molecule has 0 unspecified atom stereocenters. The molecule has 6 nitrogen and oxygen atoms in total. The minimum atomic E-state index is -0.774. The Morgan fingerprint density at radius 3 is 2.34 bits per heavy atom. The average molecular weight is 512 g/mol. The van der Waals surface area contributed by atoms with Crippen molar-refractivity contribution in [2.75, 3.05) is 15.5 Å². The summed E-state index contributed by atoms with van der Waals surface area (Å²) >= 11 is 12.0. The van der Waals surface area contributed by atoms with Crippen molar-refractivity contribution in [1.82, 2.24) is 0 Å². The minimum Gasteiger partial charge on any atom is -0.349 e. The molecule has 0 saturated heterocycles. The van der Waals surface area contributed by atoms with Crippen LogP contribution in [0.3, 0.4) is 0 Å². The van der Waals surface area contributed by atoms with Crippen molar-refractivity contribution in [3.8, 4) is 0 Å². The molecular formula is C26H20Cl2FN3O3. The molecule has 178 valence electrons. The number of hydrogen-bond acceptors (Lipinski definition) is 4. The summed E-state index contributed by atoms with van der Waals surface area (Å²) in [6.45, 7) is 3.83. The van der Waals surface area contributed by atoms with E-state index in [0.717, 1.165) is 23.0 Å². The highest BCUT2D eigenvalue weighted by molar-refractivity contribution is 6.53. The summed E-state index contributed by atoms with van der Waals surface area (Å²) in [5.74, 6) is -2.52. The van der Waals surface area contributed by atoms with Gasteiger partial charge in [-0.15, -0.1) is 0 Å². The van der Waals surface area contributed by atoms with E-state index >= 15 is 0 Å². The Labute approximate surface area is 211 Å². The first-order valence-electron chi connectivity index (χ1n) is 10.7. The molecule has 1 aliphatic heterocycles. The highest BCUT2D eigenvalue weighted by Crippen LogP contribution is 2.33. The molecule has 3 aromatic rings. The van der Waals surface area contributed by atoms with Crippen LogP contribution in [0.4, 0.5) is 21.5 Å². The van der Waals surface area contributed by atoms with Gasteiger partial charge in [-0.2, -0.15) is 0 Å². The van der Waals surface area contributed by atoms with Crippen molar-refractivity contribution in [1.29, 1.82) is 0 Å². The highest BCUT2D eigenvalue weighted by atomic mass is 35.5. The summed E-state index contributed by atoms with van der Waals surface area (Å²) in [5, 5.41) is 5.15. The Kier molecular flexibility index (Phi) is 6.91. The predicted octanol–water partition coefficient (Wildman–Crippen LogP) is 6.04. The topological polar surface area (TPSA) is 78.5 Å². The molecule has 3 amide bonds. The lowest BCUT2D eigenvalue weighted by molar-refractivity contribution is -0.120. The van der Waals surface area contributed by atoms with Crippen molar-refractivity contribution in [3.63, 3.8) is 0 Å². The molecule has 0 bridgehead atoms. The van der Waals surface area contributed by atoms with Crippen molar-refractivity contribution >= 4 is 58.0 Å². The molecule has 4 rings (SSSR count). The van der Waals surface area contributed by atoms with Crippen LogP contribution in [0.1, 0.15) is 28.4 Å². The second kappa shape index (κ2) is 9.90. The molecule has 0 saturated carbocycles. The number of nitrogens with one attached hydrogen (secondary N) is 2. The van der Waals surface area contributed by atoms with Crippen LogP contribution >= 0.6 is 23.2 Å². The summed E-state index contributed by atoms with van der Waals surface area (Å²) in [4.78, 5) is 39.3. The van der Waals surface area contributed by atoms with E-state index in [4.69, 9.17) is 23.2 Å². The van der Waals surface area contributed by atoms with Gasteiger partial charge in [0.25, 0.3) is 17.7 Å². The van der Waals surface area contributed by atoms with Gasteiger partial charge in [-0.3, -0.25) is 14.4 Å². The standard InChI is InChI=1S/C26H20Cl2FN3O3/c1-3-15-5-8-17(9-6-15)30-24(33)16-7-4-14(2)21(12-16)31-23-22(28)25(34)32(26(23)35)18-10-11-20(29)19(27)13-18/h4-13,31H,3H2,1-2H3,(H,30,33). The lowest BCUT2D eigenvalue weighted by atomic mass is 10.1. The number of carbonyl (C=O) groups excluding carboxylic acids is 3. The smallest absolute Gasteiger partial charge is 0.283 e. The number of rotatable bonds is 6. The monoisotopic (exact) mass is 511 g/mol. The van der Waals surface area contributed by atoms with Gasteiger partial charge in [-0.05, 0) is 66.9 Å². The fourth-order valence-electron chi connectivity index (χ4n) is 3.53. The first-order valence-corrected chi connectivity index (χ1v) is 11.5. The van der Waals surface area contributed by atoms with Crippen LogP contribution in [0, 0.1) is 12.7 Å². The van der Waals surface area contributed by atoms with Gasteiger partial charge in [0.2, 0.25) is 0 Å². The quantitative estimate of drug-likeness (QED) is 0.395. The lowest BCUT2D eigenvalue weighted by Gasteiger charge is -2.16. The molecule has 35 heavy (non-hydrogen) atoms. The Bertz CT molecular complexity index is 1390. The number of carbonyl (C=O) groups is 3. The Balaban J connectivity index is 1.57. The summed E-state index contributed by atoms with van der Waals surface area (Å²) in [6, 6.07) is 15.9. The minimum absolute atomic E-state index is 0.0836. The number of amides is 3. The van der Waals surface area contributed by atoms with Crippen LogP contribution in [0.5, 0.6) is 0 Å². The number of anilines is 3. The zero-order valence-corrected chi connectivity index (χ0v) is 20.3. The molecule has 1 aliphatic rings. The zero-order chi connectivity index (χ0) is 25.3. The third-order valence-corrected chi connectivity index (χ3v) is 6.21. The fraction of sp³-hybridized carbons (Fsp3) is 0.115. The molecule has 2 N–H and O–H groups in total. The number of imide groups is 1. The van der Waals surface area contributed by atoms with Crippen LogP contribution in [0.2, 0.25) is 5.02 Å². The van der Waals surface area contributed by atoms with E-state index in [1.807, 2.05) is 31.2 Å².